The summed E-state index contributed by atoms with van der Waals surface area (Å²) in [6, 6.07) is 21.6. The van der Waals surface area contributed by atoms with Crippen molar-refractivity contribution in [2.75, 3.05) is 11.9 Å². The Morgan fingerprint density at radius 2 is 1.82 bits per heavy atom. The molecule has 0 aliphatic rings. The number of pyridine rings is 1. The molecule has 164 valence electrons. The zero-order valence-electron chi connectivity index (χ0n) is 18.7. The van der Waals surface area contributed by atoms with E-state index in [0.717, 1.165) is 43.7 Å². The Kier molecular flexibility index (Phi) is 5.52. The number of nitrogens with zero attached hydrogens (tertiary/aromatic N) is 2. The van der Waals surface area contributed by atoms with Crippen molar-refractivity contribution >= 4 is 43.5 Å². The number of aromatic nitrogens is 2. The van der Waals surface area contributed by atoms with Crippen molar-refractivity contribution in [3.63, 3.8) is 0 Å². The number of rotatable bonds is 5. The fraction of sp³-hybridized carbons (Fsp3) is 0.148. The van der Waals surface area contributed by atoms with Gasteiger partial charge in [-0.15, -0.1) is 0 Å². The normalized spacial score (nSPS) is 11.1. The molecule has 0 atom stereocenters. The zero-order chi connectivity index (χ0) is 22.9. The lowest BCUT2D eigenvalue weighted by Gasteiger charge is -2.11. The smallest absolute Gasteiger partial charge is 0.258 e. The summed E-state index contributed by atoms with van der Waals surface area (Å²) in [4.78, 5) is 22.8. The molecule has 0 bridgehead atoms. The second-order valence-electron chi connectivity index (χ2n) is 7.93. The Balaban J connectivity index is 1.54. The molecule has 0 fully saturated rings. The van der Waals surface area contributed by atoms with E-state index in [1.54, 1.807) is 0 Å². The lowest BCUT2D eigenvalue weighted by atomic mass is 9.99. The van der Waals surface area contributed by atoms with Gasteiger partial charge in [-0.05, 0) is 56.7 Å². The van der Waals surface area contributed by atoms with E-state index in [4.69, 9.17) is 9.72 Å². The molecule has 0 saturated heterocycles. The number of amides is 1. The molecule has 6 heteroatoms. The topological polar surface area (TPSA) is 64.1 Å². The molecule has 2 heterocycles. The lowest BCUT2D eigenvalue weighted by Crippen LogP contribution is -2.13. The van der Waals surface area contributed by atoms with Gasteiger partial charge in [0.05, 0.1) is 33.6 Å². The number of benzene rings is 3. The van der Waals surface area contributed by atoms with Crippen molar-refractivity contribution in [3.05, 3.63) is 83.4 Å². The molecular formula is C27H23N3O2S. The Bertz CT molecular complexity index is 1510. The van der Waals surface area contributed by atoms with Crippen LogP contribution >= 0.6 is 11.3 Å². The van der Waals surface area contributed by atoms with Gasteiger partial charge in [-0.3, -0.25) is 10.1 Å². The second kappa shape index (κ2) is 8.64. The van der Waals surface area contributed by atoms with Crippen molar-refractivity contribution in [1.82, 2.24) is 9.97 Å². The number of thiazole rings is 1. The molecule has 0 aliphatic carbocycles. The Labute approximate surface area is 196 Å². The Morgan fingerprint density at radius 3 is 2.64 bits per heavy atom. The van der Waals surface area contributed by atoms with Gasteiger partial charge < -0.3 is 4.74 Å². The minimum atomic E-state index is -0.205. The quantitative estimate of drug-likeness (QED) is 0.319. The molecule has 3 aromatic carbocycles. The van der Waals surface area contributed by atoms with E-state index >= 15 is 0 Å². The minimum Gasteiger partial charge on any atom is -0.494 e. The number of anilines is 1. The summed E-state index contributed by atoms with van der Waals surface area (Å²) in [7, 11) is 0. The van der Waals surface area contributed by atoms with Crippen LogP contribution in [0.2, 0.25) is 0 Å². The average Bonchev–Trinajstić information content (AvgIpc) is 3.20. The number of nitrogens with one attached hydrogen (secondary N) is 1. The van der Waals surface area contributed by atoms with Crippen molar-refractivity contribution in [1.29, 1.82) is 0 Å². The highest BCUT2D eigenvalue weighted by Gasteiger charge is 2.17. The summed E-state index contributed by atoms with van der Waals surface area (Å²) < 4.78 is 6.54. The van der Waals surface area contributed by atoms with Gasteiger partial charge in [-0.25, -0.2) is 9.97 Å². The first-order valence-corrected chi connectivity index (χ1v) is 11.7. The number of para-hydroxylation sites is 1. The zero-order valence-corrected chi connectivity index (χ0v) is 19.5. The van der Waals surface area contributed by atoms with Crippen molar-refractivity contribution in [2.24, 2.45) is 0 Å². The molecule has 5 aromatic rings. The van der Waals surface area contributed by atoms with Crippen LogP contribution in [0.5, 0.6) is 5.75 Å². The van der Waals surface area contributed by atoms with E-state index in [2.05, 4.69) is 42.3 Å². The van der Waals surface area contributed by atoms with E-state index in [1.165, 1.54) is 16.9 Å². The summed E-state index contributed by atoms with van der Waals surface area (Å²) in [6.07, 6.45) is 0. The van der Waals surface area contributed by atoms with Crippen LogP contribution in [-0.2, 0) is 0 Å². The first kappa shape index (κ1) is 21.1. The van der Waals surface area contributed by atoms with Crippen molar-refractivity contribution in [3.8, 4) is 17.0 Å². The maximum Gasteiger partial charge on any atom is 0.258 e. The van der Waals surface area contributed by atoms with E-state index in [0.29, 0.717) is 17.3 Å². The number of carbonyl (C=O) groups excluding carboxylic acids is 1. The highest BCUT2D eigenvalue weighted by atomic mass is 32.1. The summed E-state index contributed by atoms with van der Waals surface area (Å²) in [5.41, 5.74) is 6.30. The van der Waals surface area contributed by atoms with Crippen LogP contribution in [0, 0.1) is 13.8 Å². The van der Waals surface area contributed by atoms with Gasteiger partial charge >= 0.3 is 0 Å². The van der Waals surface area contributed by atoms with Crippen LogP contribution in [0.25, 0.3) is 32.4 Å². The molecule has 0 aliphatic heterocycles. The Hall–Kier alpha value is -3.77. The van der Waals surface area contributed by atoms with Crippen LogP contribution in [0.1, 0.15) is 28.4 Å². The van der Waals surface area contributed by atoms with Crippen molar-refractivity contribution < 1.29 is 9.53 Å². The molecule has 33 heavy (non-hydrogen) atoms. The number of ether oxygens (including phenoxy) is 1. The molecule has 0 unspecified atom stereocenters. The molecule has 1 amide bonds. The van der Waals surface area contributed by atoms with E-state index < -0.39 is 0 Å². The lowest BCUT2D eigenvalue weighted by molar-refractivity contribution is 0.102. The SMILES string of the molecule is CCOc1ccc2nc(NC(=O)c3cc(-c4ccc(C)cc4C)nc4ccccc34)sc2c1. The molecule has 0 radical (unpaired) electrons. The van der Waals surface area contributed by atoms with Gasteiger partial charge in [0.15, 0.2) is 5.13 Å². The first-order valence-electron chi connectivity index (χ1n) is 10.8. The molecule has 2 aromatic heterocycles. The monoisotopic (exact) mass is 453 g/mol. The third-order valence-corrected chi connectivity index (χ3v) is 6.44. The standard InChI is InChI=1S/C27H23N3O2S/c1-4-32-18-10-12-23-25(14-18)33-27(29-23)30-26(31)21-15-24(19-11-9-16(2)13-17(19)3)28-22-8-6-5-7-20(21)22/h5-15H,4H2,1-3H3,(H,29,30,31). The van der Waals surface area contributed by atoms with Gasteiger partial charge in [0.25, 0.3) is 5.91 Å². The van der Waals surface area contributed by atoms with Gasteiger partial charge in [0.1, 0.15) is 5.75 Å². The van der Waals surface area contributed by atoms with Crippen LogP contribution < -0.4 is 10.1 Å². The minimum absolute atomic E-state index is 0.205. The summed E-state index contributed by atoms with van der Waals surface area (Å²) in [5.74, 6) is 0.591. The fourth-order valence-corrected chi connectivity index (χ4v) is 4.87. The average molecular weight is 454 g/mol. The number of hydrogen-bond donors (Lipinski definition) is 1. The summed E-state index contributed by atoms with van der Waals surface area (Å²) in [6.45, 7) is 6.69. The van der Waals surface area contributed by atoms with E-state index in [-0.39, 0.29) is 5.91 Å². The van der Waals surface area contributed by atoms with Gasteiger partial charge in [0.2, 0.25) is 0 Å². The molecule has 1 N–H and O–H groups in total. The molecule has 5 rings (SSSR count). The van der Waals surface area contributed by atoms with E-state index in [1.807, 2.05) is 55.5 Å². The number of aryl methyl sites for hydroxylation is 2. The van der Waals surface area contributed by atoms with Gasteiger partial charge in [0, 0.05) is 10.9 Å². The highest BCUT2D eigenvalue weighted by molar-refractivity contribution is 7.22. The predicted molar refractivity (Wildman–Crippen MR) is 135 cm³/mol. The molecule has 0 spiro atoms. The molecule has 0 saturated carbocycles. The third-order valence-electron chi connectivity index (χ3n) is 5.51. The Morgan fingerprint density at radius 1 is 0.970 bits per heavy atom. The number of fused-ring (bicyclic) bond motifs is 2. The summed E-state index contributed by atoms with van der Waals surface area (Å²) in [5, 5.41) is 4.36. The van der Waals surface area contributed by atoms with Gasteiger partial charge in [-0.1, -0.05) is 53.3 Å². The van der Waals surface area contributed by atoms with Crippen LogP contribution in [0.15, 0.2) is 66.7 Å². The number of hydrogen-bond acceptors (Lipinski definition) is 5. The fourth-order valence-electron chi connectivity index (χ4n) is 3.98. The highest BCUT2D eigenvalue weighted by Crippen LogP contribution is 2.31. The second-order valence-corrected chi connectivity index (χ2v) is 8.96. The maximum atomic E-state index is 13.4. The van der Waals surface area contributed by atoms with Crippen molar-refractivity contribution in [2.45, 2.75) is 20.8 Å². The van der Waals surface area contributed by atoms with Crippen LogP contribution in [-0.4, -0.2) is 22.5 Å². The molecule has 5 nitrogen and oxygen atoms in total. The van der Waals surface area contributed by atoms with Crippen LogP contribution in [0.4, 0.5) is 5.13 Å². The largest absolute Gasteiger partial charge is 0.494 e. The predicted octanol–water partition coefficient (Wildman–Crippen LogP) is 6.78. The first-order chi connectivity index (χ1) is 16.0. The number of carbonyl (C=O) groups is 1. The summed E-state index contributed by atoms with van der Waals surface area (Å²) >= 11 is 1.43. The van der Waals surface area contributed by atoms with Gasteiger partial charge in [-0.2, -0.15) is 0 Å². The maximum absolute atomic E-state index is 13.4. The van der Waals surface area contributed by atoms with E-state index in [9.17, 15) is 4.79 Å². The third kappa shape index (κ3) is 4.17. The molecular weight excluding hydrogens is 430 g/mol. The van der Waals surface area contributed by atoms with Crippen LogP contribution in [0.3, 0.4) is 0 Å².